The Labute approximate surface area is 349 Å². The summed E-state index contributed by atoms with van der Waals surface area (Å²) >= 11 is 0. The third kappa shape index (κ3) is 6.15. The van der Waals surface area contributed by atoms with Gasteiger partial charge in [-0.15, -0.1) is 0 Å². The van der Waals surface area contributed by atoms with Gasteiger partial charge in [0.1, 0.15) is 0 Å². The van der Waals surface area contributed by atoms with Crippen LogP contribution in [-0.4, -0.2) is 4.57 Å². The molecule has 10 rings (SSSR count). The third-order valence-electron chi connectivity index (χ3n) is 12.8. The summed E-state index contributed by atoms with van der Waals surface area (Å²) in [5.41, 5.74) is 18.1. The number of hydrogen-bond acceptors (Lipinski definition) is 1. The smallest absolute Gasteiger partial charge is 0.0541 e. The molecule has 0 fully saturated rings. The van der Waals surface area contributed by atoms with E-state index in [4.69, 9.17) is 0 Å². The van der Waals surface area contributed by atoms with E-state index >= 15 is 0 Å². The monoisotopic (exact) mass is 766 g/mol. The second-order valence-corrected chi connectivity index (χ2v) is 20.1. The van der Waals surface area contributed by atoms with Gasteiger partial charge in [0.2, 0.25) is 0 Å². The lowest BCUT2D eigenvalue weighted by atomic mass is 9.78. The first-order chi connectivity index (χ1) is 28.0. The van der Waals surface area contributed by atoms with Crippen LogP contribution in [0.2, 0.25) is 0 Å². The summed E-state index contributed by atoms with van der Waals surface area (Å²) in [4.78, 5) is 2.43. The second kappa shape index (κ2) is 12.9. The van der Waals surface area contributed by atoms with Crippen LogP contribution in [0.25, 0.3) is 71.3 Å². The largest absolute Gasteiger partial charge is 0.310 e. The minimum atomic E-state index is 0.0462. The third-order valence-corrected chi connectivity index (χ3v) is 12.8. The van der Waals surface area contributed by atoms with Crippen molar-refractivity contribution < 1.29 is 0 Å². The molecule has 0 amide bonds. The zero-order chi connectivity index (χ0) is 41.2. The van der Waals surface area contributed by atoms with E-state index < -0.39 is 0 Å². The molecule has 8 aromatic carbocycles. The molecular weight excluding hydrogens is 713 g/mol. The van der Waals surface area contributed by atoms with Crippen LogP contribution < -0.4 is 4.90 Å². The zero-order valence-corrected chi connectivity index (χ0v) is 36.3. The van der Waals surface area contributed by atoms with Crippen molar-refractivity contribution in [3.05, 3.63) is 168 Å². The number of benzene rings is 8. The maximum Gasteiger partial charge on any atom is 0.0541 e. The summed E-state index contributed by atoms with van der Waals surface area (Å²) in [6, 6.07) is 55.5. The number of fused-ring (bicyclic) bond motifs is 9. The van der Waals surface area contributed by atoms with Crippen molar-refractivity contribution in [1.82, 2.24) is 4.57 Å². The number of nitrogens with zero attached hydrogens (tertiary/aromatic N) is 2. The molecule has 9 aromatic rings. The second-order valence-electron chi connectivity index (χ2n) is 20.1. The van der Waals surface area contributed by atoms with Gasteiger partial charge in [-0.2, -0.15) is 0 Å². The molecular formula is C57H54N2. The highest BCUT2D eigenvalue weighted by atomic mass is 15.1. The SMILES string of the molecule is Cc1ccc(C(C)(C)C)cc1N(c1ccccc1)c1ccc2cc3c(cc2c1)-c1cc2cc(-n4c5ccc(C(C)(C)C)cc5c5cc(C(C)(C)C)ccc54)ccc2cc1-3. The van der Waals surface area contributed by atoms with E-state index in [1.54, 1.807) is 0 Å². The van der Waals surface area contributed by atoms with Crippen molar-refractivity contribution in [1.29, 1.82) is 0 Å². The van der Waals surface area contributed by atoms with Gasteiger partial charge in [-0.1, -0.05) is 117 Å². The molecule has 0 bridgehead atoms. The van der Waals surface area contributed by atoms with Gasteiger partial charge in [0.25, 0.3) is 0 Å². The standard InChI is InChI=1S/C57H54N2/c1-35-16-19-42(57(8,9)10)34-54(35)58(43-14-12-11-13-15-43)44-22-17-36-28-46-47-29-37-18-23-45(27-39(37)31-49(47)48(46)30-38(36)26-44)59-52-24-20-40(55(2,3)4)32-50(52)51-33-41(56(5,6)7)21-25-53(51)59/h11-34H,1-10H3. The van der Waals surface area contributed by atoms with Crippen LogP contribution in [0.1, 0.15) is 84.6 Å². The first-order valence-electron chi connectivity index (χ1n) is 21.3. The van der Waals surface area contributed by atoms with Crippen LogP contribution in [0.5, 0.6) is 0 Å². The highest BCUT2D eigenvalue weighted by Gasteiger charge is 2.26. The van der Waals surface area contributed by atoms with Gasteiger partial charge in [-0.3, -0.25) is 0 Å². The van der Waals surface area contributed by atoms with E-state index in [-0.39, 0.29) is 16.2 Å². The molecule has 1 aliphatic carbocycles. The van der Waals surface area contributed by atoms with Gasteiger partial charge < -0.3 is 9.47 Å². The quantitative estimate of drug-likeness (QED) is 0.173. The first kappa shape index (κ1) is 37.2. The van der Waals surface area contributed by atoms with E-state index in [1.807, 2.05) is 0 Å². The van der Waals surface area contributed by atoms with Crippen molar-refractivity contribution in [2.45, 2.75) is 85.5 Å². The van der Waals surface area contributed by atoms with Gasteiger partial charge in [-0.05, 0) is 180 Å². The maximum absolute atomic E-state index is 2.47. The predicted molar refractivity (Wildman–Crippen MR) is 256 cm³/mol. The average molecular weight is 767 g/mol. The normalized spacial score (nSPS) is 12.9. The molecule has 0 saturated heterocycles. The number of rotatable bonds is 4. The predicted octanol–water partition coefficient (Wildman–Crippen LogP) is 16.4. The summed E-state index contributed by atoms with van der Waals surface area (Å²) in [7, 11) is 0. The summed E-state index contributed by atoms with van der Waals surface area (Å²) in [6.45, 7) is 22.9. The molecule has 2 heteroatoms. The van der Waals surface area contributed by atoms with Crippen molar-refractivity contribution in [2.75, 3.05) is 4.90 Å². The topological polar surface area (TPSA) is 8.17 Å². The molecule has 1 aromatic heterocycles. The molecule has 0 atom stereocenters. The number of para-hydroxylation sites is 1. The fourth-order valence-corrected chi connectivity index (χ4v) is 9.23. The minimum Gasteiger partial charge on any atom is -0.310 e. The summed E-state index contributed by atoms with van der Waals surface area (Å²) < 4.78 is 2.47. The van der Waals surface area contributed by atoms with Crippen LogP contribution in [0.15, 0.2) is 146 Å². The Hall–Kier alpha value is -6.12. The Morgan fingerprint density at radius 3 is 1.41 bits per heavy atom. The highest BCUT2D eigenvalue weighted by Crippen LogP contribution is 2.51. The summed E-state index contributed by atoms with van der Waals surface area (Å²) in [6.07, 6.45) is 0. The molecule has 2 nitrogen and oxygen atoms in total. The van der Waals surface area contributed by atoms with Crippen molar-refractivity contribution in [2.24, 2.45) is 0 Å². The molecule has 0 saturated carbocycles. The number of anilines is 3. The van der Waals surface area contributed by atoms with E-state index in [0.717, 1.165) is 11.4 Å². The fourth-order valence-electron chi connectivity index (χ4n) is 9.23. The van der Waals surface area contributed by atoms with Gasteiger partial charge >= 0.3 is 0 Å². The summed E-state index contributed by atoms with van der Waals surface area (Å²) in [5.74, 6) is 0. The molecule has 1 heterocycles. The van der Waals surface area contributed by atoms with Crippen LogP contribution in [0, 0.1) is 6.92 Å². The van der Waals surface area contributed by atoms with Crippen molar-refractivity contribution in [3.8, 4) is 27.9 Å². The number of hydrogen-bond donors (Lipinski definition) is 0. The average Bonchev–Trinajstić information content (AvgIpc) is 3.52. The van der Waals surface area contributed by atoms with Crippen LogP contribution in [-0.2, 0) is 16.2 Å². The molecule has 0 spiro atoms. The molecule has 59 heavy (non-hydrogen) atoms. The Balaban J connectivity index is 1.08. The molecule has 1 aliphatic rings. The first-order valence-corrected chi connectivity index (χ1v) is 21.3. The molecule has 0 aliphatic heterocycles. The van der Waals surface area contributed by atoms with Gasteiger partial charge in [-0.25, -0.2) is 0 Å². The van der Waals surface area contributed by atoms with E-state index in [0.29, 0.717) is 0 Å². The molecule has 0 unspecified atom stereocenters. The Morgan fingerprint density at radius 2 is 0.864 bits per heavy atom. The maximum atomic E-state index is 2.47. The van der Waals surface area contributed by atoms with E-state index in [1.165, 1.54) is 99.2 Å². The lowest BCUT2D eigenvalue weighted by Gasteiger charge is -2.30. The highest BCUT2D eigenvalue weighted by molar-refractivity contribution is 6.13. The van der Waals surface area contributed by atoms with Gasteiger partial charge in [0, 0.05) is 33.5 Å². The minimum absolute atomic E-state index is 0.0462. The van der Waals surface area contributed by atoms with E-state index in [2.05, 4.69) is 224 Å². The van der Waals surface area contributed by atoms with Gasteiger partial charge in [0.05, 0.1) is 11.0 Å². The summed E-state index contributed by atoms with van der Waals surface area (Å²) in [5, 5.41) is 7.68. The van der Waals surface area contributed by atoms with E-state index in [9.17, 15) is 0 Å². The Morgan fingerprint density at radius 1 is 0.390 bits per heavy atom. The van der Waals surface area contributed by atoms with Gasteiger partial charge in [0.15, 0.2) is 0 Å². The molecule has 292 valence electrons. The van der Waals surface area contributed by atoms with Crippen LogP contribution in [0.4, 0.5) is 17.1 Å². The van der Waals surface area contributed by atoms with Crippen LogP contribution >= 0.6 is 0 Å². The number of aromatic nitrogens is 1. The Kier molecular flexibility index (Phi) is 8.15. The molecule has 0 N–H and O–H groups in total. The van der Waals surface area contributed by atoms with Crippen molar-refractivity contribution in [3.63, 3.8) is 0 Å². The zero-order valence-electron chi connectivity index (χ0n) is 36.3. The fraction of sp³-hybridized carbons (Fsp3) is 0.228. The number of aryl methyl sites for hydroxylation is 1. The van der Waals surface area contributed by atoms with Crippen LogP contribution in [0.3, 0.4) is 0 Å². The van der Waals surface area contributed by atoms with Crippen molar-refractivity contribution >= 4 is 60.4 Å². The lowest BCUT2D eigenvalue weighted by Crippen LogP contribution is -2.15. The Bertz CT molecular complexity index is 3080. The molecule has 0 radical (unpaired) electrons. The lowest BCUT2D eigenvalue weighted by molar-refractivity contribution is 0.590.